The van der Waals surface area contributed by atoms with Gasteiger partial charge in [-0.3, -0.25) is 0 Å². The highest BCUT2D eigenvalue weighted by molar-refractivity contribution is 6.31. The average molecular weight is 428 g/mol. The van der Waals surface area contributed by atoms with Crippen molar-refractivity contribution in [2.75, 3.05) is 0 Å². The van der Waals surface area contributed by atoms with Crippen LogP contribution in [0.5, 0.6) is 5.75 Å². The third kappa shape index (κ3) is 3.87. The summed E-state index contributed by atoms with van der Waals surface area (Å²) < 4.78 is 19.4. The molecule has 0 spiro atoms. The van der Waals surface area contributed by atoms with Crippen LogP contribution >= 0.6 is 11.6 Å². The van der Waals surface area contributed by atoms with E-state index in [1.54, 1.807) is 6.07 Å². The van der Waals surface area contributed by atoms with Crippen LogP contribution in [0.1, 0.15) is 63.5 Å². The molecule has 2 nitrogen and oxygen atoms in total. The molecule has 2 unspecified atom stereocenters. The lowest BCUT2D eigenvalue weighted by Gasteiger charge is -2.65. The van der Waals surface area contributed by atoms with Crippen molar-refractivity contribution in [2.24, 2.45) is 16.7 Å². The smallest absolute Gasteiger partial charge is 0.124 e. The molecule has 2 aromatic carbocycles. The van der Waals surface area contributed by atoms with Crippen molar-refractivity contribution in [1.29, 1.82) is 0 Å². The molecular weight excluding hydrogens is 397 g/mol. The number of para-hydroxylation sites is 1. The maximum Gasteiger partial charge on any atom is 0.124 e. The predicted molar refractivity (Wildman–Crippen MR) is 119 cm³/mol. The van der Waals surface area contributed by atoms with Gasteiger partial charge in [0.25, 0.3) is 0 Å². The first-order chi connectivity index (χ1) is 14.3. The molecule has 160 valence electrons. The summed E-state index contributed by atoms with van der Waals surface area (Å²) in [5.41, 5.74) is 3.22. The zero-order valence-electron chi connectivity index (χ0n) is 17.9. The maximum absolute atomic E-state index is 13.3. The predicted octanol–water partition coefficient (Wildman–Crippen LogP) is 6.90. The van der Waals surface area contributed by atoms with Gasteiger partial charge in [-0.05, 0) is 73.5 Å². The van der Waals surface area contributed by atoms with Gasteiger partial charge in [0.15, 0.2) is 0 Å². The fourth-order valence-corrected chi connectivity index (χ4v) is 7.73. The first kappa shape index (κ1) is 20.3. The highest BCUT2D eigenvalue weighted by Gasteiger charge is 2.59. The zero-order chi connectivity index (χ0) is 21.0. The highest BCUT2D eigenvalue weighted by atomic mass is 35.5. The Kier molecular flexibility index (Phi) is 4.91. The summed E-state index contributed by atoms with van der Waals surface area (Å²) in [6, 6.07) is 12.7. The quantitative estimate of drug-likeness (QED) is 0.541. The summed E-state index contributed by atoms with van der Waals surface area (Å²) in [7, 11) is 0. The summed E-state index contributed by atoms with van der Waals surface area (Å²) in [5.74, 6) is 1.41. The Bertz CT molecular complexity index is 942. The van der Waals surface area contributed by atoms with Gasteiger partial charge in [0, 0.05) is 23.2 Å². The molecule has 6 rings (SSSR count). The molecular formula is C26H31ClFNO. The molecule has 4 atom stereocenters. The SMILES string of the molecule is C[C@]12CC3CC(NCc4ccccc4OCc4ccc(F)cc4Cl)(C1)C[C@@](C)(C3)C2. The molecule has 0 aromatic heterocycles. The first-order valence-electron chi connectivity index (χ1n) is 11.2. The van der Waals surface area contributed by atoms with E-state index in [9.17, 15) is 4.39 Å². The van der Waals surface area contributed by atoms with Crippen LogP contribution in [0.3, 0.4) is 0 Å². The Morgan fingerprint density at radius 2 is 1.73 bits per heavy atom. The van der Waals surface area contributed by atoms with Crippen LogP contribution in [-0.2, 0) is 13.2 Å². The number of hydrogen-bond acceptors (Lipinski definition) is 2. The van der Waals surface area contributed by atoms with Crippen molar-refractivity contribution in [3.8, 4) is 5.75 Å². The van der Waals surface area contributed by atoms with Crippen LogP contribution < -0.4 is 10.1 Å². The minimum atomic E-state index is -0.327. The summed E-state index contributed by atoms with van der Waals surface area (Å²) >= 11 is 6.17. The van der Waals surface area contributed by atoms with E-state index in [4.69, 9.17) is 16.3 Å². The monoisotopic (exact) mass is 427 g/mol. The standard InChI is InChI=1S/C26H31ClFNO/c1-24-10-18-11-25(2,15-24)17-26(12-18,16-24)29-13-19-5-3-4-6-23(19)30-14-20-7-8-21(28)9-22(20)27/h3-9,18,29H,10-17H2,1-2H3/t18?,24-,25+,26?. The second kappa shape index (κ2) is 7.24. The van der Waals surface area contributed by atoms with E-state index in [-0.39, 0.29) is 11.4 Å². The molecule has 0 heterocycles. The molecule has 4 fully saturated rings. The first-order valence-corrected chi connectivity index (χ1v) is 11.5. The number of nitrogens with one attached hydrogen (secondary N) is 1. The summed E-state index contributed by atoms with van der Waals surface area (Å²) in [4.78, 5) is 0. The van der Waals surface area contributed by atoms with Gasteiger partial charge in [-0.2, -0.15) is 0 Å². The molecule has 0 aliphatic heterocycles. The van der Waals surface area contributed by atoms with Crippen molar-refractivity contribution in [3.63, 3.8) is 0 Å². The molecule has 4 heteroatoms. The van der Waals surface area contributed by atoms with Gasteiger partial charge in [-0.1, -0.05) is 49.7 Å². The van der Waals surface area contributed by atoms with Crippen LogP contribution in [0, 0.1) is 22.6 Å². The topological polar surface area (TPSA) is 21.3 Å². The van der Waals surface area contributed by atoms with E-state index in [2.05, 4.69) is 31.3 Å². The molecule has 4 aliphatic rings. The molecule has 1 N–H and O–H groups in total. The van der Waals surface area contributed by atoms with Crippen LogP contribution in [-0.4, -0.2) is 5.54 Å². The van der Waals surface area contributed by atoms with Crippen molar-refractivity contribution in [2.45, 2.75) is 71.1 Å². The summed E-state index contributed by atoms with van der Waals surface area (Å²) in [6.07, 6.45) is 8.10. The number of ether oxygens (including phenoxy) is 1. The normalized spacial score (nSPS) is 34.3. The average Bonchev–Trinajstić information content (AvgIpc) is 2.63. The largest absolute Gasteiger partial charge is 0.489 e. The van der Waals surface area contributed by atoms with Gasteiger partial charge in [-0.15, -0.1) is 0 Å². The molecule has 30 heavy (non-hydrogen) atoms. The molecule has 0 saturated heterocycles. The molecule has 4 bridgehead atoms. The summed E-state index contributed by atoms with van der Waals surface area (Å²) in [5, 5.41) is 4.40. The fraction of sp³-hybridized carbons (Fsp3) is 0.538. The van der Waals surface area contributed by atoms with Crippen LogP contribution in [0.4, 0.5) is 4.39 Å². The minimum absolute atomic E-state index is 0.260. The Labute approximate surface area is 184 Å². The van der Waals surface area contributed by atoms with E-state index in [0.717, 1.165) is 23.8 Å². The minimum Gasteiger partial charge on any atom is -0.489 e. The van der Waals surface area contributed by atoms with Gasteiger partial charge in [0.2, 0.25) is 0 Å². The fourth-order valence-electron chi connectivity index (χ4n) is 7.51. The van der Waals surface area contributed by atoms with Gasteiger partial charge in [0.05, 0.1) is 5.02 Å². The maximum atomic E-state index is 13.3. The molecule has 0 radical (unpaired) electrons. The number of benzene rings is 2. The Hall–Kier alpha value is -1.58. The van der Waals surface area contributed by atoms with Crippen molar-refractivity contribution in [1.82, 2.24) is 5.32 Å². The Balaban J connectivity index is 1.29. The van der Waals surface area contributed by atoms with Crippen LogP contribution in [0.15, 0.2) is 42.5 Å². The second-order valence-electron chi connectivity index (χ2n) is 10.9. The van der Waals surface area contributed by atoms with Crippen LogP contribution in [0.25, 0.3) is 0 Å². The number of hydrogen-bond donors (Lipinski definition) is 1. The molecule has 2 aromatic rings. The van der Waals surface area contributed by atoms with Gasteiger partial charge in [0.1, 0.15) is 18.2 Å². The van der Waals surface area contributed by atoms with Gasteiger partial charge in [-0.25, -0.2) is 4.39 Å². The van der Waals surface area contributed by atoms with E-state index < -0.39 is 0 Å². The highest BCUT2D eigenvalue weighted by Crippen LogP contribution is 2.66. The third-order valence-electron chi connectivity index (χ3n) is 7.65. The van der Waals surface area contributed by atoms with Crippen LogP contribution in [0.2, 0.25) is 5.02 Å². The number of rotatable bonds is 6. The lowest BCUT2D eigenvalue weighted by atomic mass is 9.43. The summed E-state index contributed by atoms with van der Waals surface area (Å²) in [6.45, 7) is 6.16. The van der Waals surface area contributed by atoms with Gasteiger partial charge < -0.3 is 10.1 Å². The van der Waals surface area contributed by atoms with E-state index in [1.807, 2.05) is 12.1 Å². The third-order valence-corrected chi connectivity index (χ3v) is 8.00. The molecule has 0 amide bonds. The molecule has 4 saturated carbocycles. The van der Waals surface area contributed by atoms with E-state index >= 15 is 0 Å². The van der Waals surface area contributed by atoms with E-state index in [1.165, 1.54) is 56.2 Å². The van der Waals surface area contributed by atoms with Crippen molar-refractivity contribution in [3.05, 3.63) is 64.4 Å². The lowest BCUT2D eigenvalue weighted by molar-refractivity contribution is -0.118. The lowest BCUT2D eigenvalue weighted by Crippen LogP contribution is -2.63. The van der Waals surface area contributed by atoms with E-state index in [0.29, 0.717) is 22.5 Å². The molecule has 4 aliphatic carbocycles. The number of halogens is 2. The van der Waals surface area contributed by atoms with Crippen molar-refractivity contribution >= 4 is 11.6 Å². The second-order valence-corrected chi connectivity index (χ2v) is 11.3. The Morgan fingerprint density at radius 1 is 1.00 bits per heavy atom. The zero-order valence-corrected chi connectivity index (χ0v) is 18.7. The Morgan fingerprint density at radius 3 is 2.43 bits per heavy atom. The van der Waals surface area contributed by atoms with Crippen molar-refractivity contribution < 1.29 is 9.13 Å². The van der Waals surface area contributed by atoms with Gasteiger partial charge >= 0.3 is 0 Å².